The number of aromatic carboxylic acids is 1. The van der Waals surface area contributed by atoms with Gasteiger partial charge in [0.2, 0.25) is 0 Å². The van der Waals surface area contributed by atoms with E-state index in [0.29, 0.717) is 50.1 Å². The molecule has 31 heavy (non-hydrogen) atoms. The van der Waals surface area contributed by atoms with Gasteiger partial charge in [-0.2, -0.15) is 0 Å². The number of nitrogens with one attached hydrogen (secondary N) is 1. The van der Waals surface area contributed by atoms with Crippen LogP contribution in [0.4, 0.5) is 15.8 Å². The van der Waals surface area contributed by atoms with Crippen LogP contribution in [0.3, 0.4) is 0 Å². The van der Waals surface area contributed by atoms with Crippen LogP contribution in [0.1, 0.15) is 23.2 Å². The topological polar surface area (TPSA) is 77.4 Å². The highest BCUT2D eigenvalue weighted by Crippen LogP contribution is 2.21. The van der Waals surface area contributed by atoms with E-state index in [2.05, 4.69) is 10.2 Å². The van der Waals surface area contributed by atoms with Crippen molar-refractivity contribution in [2.24, 2.45) is 4.99 Å². The molecule has 2 aliphatic rings. The van der Waals surface area contributed by atoms with Crippen molar-refractivity contribution in [3.05, 3.63) is 59.9 Å². The largest absolute Gasteiger partial charge is 0.478 e. The first-order valence-corrected chi connectivity index (χ1v) is 10.6. The summed E-state index contributed by atoms with van der Waals surface area (Å²) in [5.41, 5.74) is 1.50. The van der Waals surface area contributed by atoms with E-state index in [9.17, 15) is 14.3 Å². The van der Waals surface area contributed by atoms with Crippen molar-refractivity contribution in [3.8, 4) is 0 Å². The van der Waals surface area contributed by atoms with Crippen LogP contribution in [0.15, 0.2) is 53.5 Å². The molecule has 8 heteroatoms. The SMILES string of the molecule is O=C(O)c1cccc(NC(=NCC2CCCO2)N2CCN(c3ccccc3F)CC2)c1. The van der Waals surface area contributed by atoms with E-state index >= 15 is 0 Å². The van der Waals surface area contributed by atoms with E-state index in [-0.39, 0.29) is 17.5 Å². The summed E-state index contributed by atoms with van der Waals surface area (Å²) in [7, 11) is 0. The molecule has 0 amide bonds. The molecular weight excluding hydrogens is 399 g/mol. The first kappa shape index (κ1) is 21.1. The molecule has 0 aromatic heterocycles. The van der Waals surface area contributed by atoms with Crippen molar-refractivity contribution in [2.45, 2.75) is 18.9 Å². The number of piperazine rings is 1. The predicted octanol–water partition coefficient (Wildman–Crippen LogP) is 3.29. The molecule has 164 valence electrons. The summed E-state index contributed by atoms with van der Waals surface area (Å²) in [6.07, 6.45) is 2.15. The first-order chi connectivity index (χ1) is 15.1. The summed E-state index contributed by atoms with van der Waals surface area (Å²) in [4.78, 5) is 20.3. The Morgan fingerprint density at radius 1 is 1.16 bits per heavy atom. The van der Waals surface area contributed by atoms with Crippen molar-refractivity contribution in [1.29, 1.82) is 0 Å². The Bertz CT molecular complexity index is 938. The van der Waals surface area contributed by atoms with Crippen molar-refractivity contribution in [1.82, 2.24) is 4.90 Å². The smallest absolute Gasteiger partial charge is 0.335 e. The number of hydrogen-bond donors (Lipinski definition) is 2. The molecule has 2 aromatic carbocycles. The van der Waals surface area contributed by atoms with E-state index in [1.165, 1.54) is 6.07 Å². The number of anilines is 2. The average Bonchev–Trinajstić information content (AvgIpc) is 3.31. The predicted molar refractivity (Wildman–Crippen MR) is 118 cm³/mol. The molecule has 2 N–H and O–H groups in total. The van der Waals surface area contributed by atoms with E-state index in [1.54, 1.807) is 30.3 Å². The molecule has 1 unspecified atom stereocenters. The maximum atomic E-state index is 14.2. The van der Waals surface area contributed by atoms with Crippen molar-refractivity contribution in [3.63, 3.8) is 0 Å². The molecule has 0 saturated carbocycles. The van der Waals surface area contributed by atoms with E-state index < -0.39 is 5.97 Å². The van der Waals surface area contributed by atoms with Crippen LogP contribution >= 0.6 is 0 Å². The number of rotatable bonds is 5. The average molecular weight is 426 g/mol. The fraction of sp³-hybridized carbons (Fsp3) is 0.391. The van der Waals surface area contributed by atoms with Gasteiger partial charge in [0.1, 0.15) is 5.82 Å². The number of carboxylic acids is 1. The molecule has 0 spiro atoms. The Labute approximate surface area is 181 Å². The lowest BCUT2D eigenvalue weighted by Crippen LogP contribution is -2.51. The number of carbonyl (C=O) groups is 1. The van der Waals surface area contributed by atoms with E-state index in [4.69, 9.17) is 9.73 Å². The summed E-state index contributed by atoms with van der Waals surface area (Å²) in [5.74, 6) is -0.502. The molecule has 0 aliphatic carbocycles. The monoisotopic (exact) mass is 426 g/mol. The zero-order valence-electron chi connectivity index (χ0n) is 17.3. The minimum absolute atomic E-state index is 0.113. The number of aliphatic imine (C=N–C) groups is 1. The Balaban J connectivity index is 1.48. The number of nitrogens with zero attached hydrogens (tertiary/aromatic N) is 3. The number of para-hydroxylation sites is 1. The van der Waals surface area contributed by atoms with Crippen LogP contribution in [0.5, 0.6) is 0 Å². The van der Waals surface area contributed by atoms with Gasteiger partial charge in [0.05, 0.1) is 23.9 Å². The first-order valence-electron chi connectivity index (χ1n) is 10.6. The highest BCUT2D eigenvalue weighted by Gasteiger charge is 2.23. The molecule has 2 aromatic rings. The molecule has 1 atom stereocenters. The minimum Gasteiger partial charge on any atom is -0.478 e. The second kappa shape index (κ2) is 9.78. The molecule has 2 fully saturated rings. The molecule has 2 saturated heterocycles. The second-order valence-corrected chi connectivity index (χ2v) is 7.74. The number of carboxylic acid groups (broad SMARTS) is 1. The van der Waals surface area contributed by atoms with Gasteiger partial charge in [0, 0.05) is 38.5 Å². The lowest BCUT2D eigenvalue weighted by molar-refractivity contribution is 0.0697. The fourth-order valence-corrected chi connectivity index (χ4v) is 3.92. The zero-order chi connectivity index (χ0) is 21.6. The number of hydrogen-bond acceptors (Lipinski definition) is 4. The van der Waals surface area contributed by atoms with Gasteiger partial charge in [-0.25, -0.2) is 9.18 Å². The highest BCUT2D eigenvalue weighted by atomic mass is 19.1. The summed E-state index contributed by atoms with van der Waals surface area (Å²) < 4.78 is 19.9. The molecule has 4 rings (SSSR count). The summed E-state index contributed by atoms with van der Waals surface area (Å²) in [6, 6.07) is 13.5. The molecular formula is C23H27FN4O3. The molecule has 0 bridgehead atoms. The second-order valence-electron chi connectivity index (χ2n) is 7.74. The number of halogens is 1. The maximum absolute atomic E-state index is 14.2. The van der Waals surface area contributed by atoms with Crippen molar-refractivity contribution in [2.75, 3.05) is 49.5 Å². The third kappa shape index (κ3) is 5.32. The summed E-state index contributed by atoms with van der Waals surface area (Å²) in [5, 5.41) is 12.6. The Kier molecular flexibility index (Phi) is 6.66. The van der Waals surface area contributed by atoms with Crippen LogP contribution in [0.25, 0.3) is 0 Å². The molecule has 7 nitrogen and oxygen atoms in total. The van der Waals surface area contributed by atoms with Gasteiger partial charge in [-0.3, -0.25) is 4.99 Å². The maximum Gasteiger partial charge on any atom is 0.335 e. The highest BCUT2D eigenvalue weighted by molar-refractivity contribution is 5.96. The third-order valence-electron chi connectivity index (χ3n) is 5.61. The Morgan fingerprint density at radius 3 is 2.68 bits per heavy atom. The van der Waals surface area contributed by atoms with Gasteiger partial charge in [-0.05, 0) is 43.2 Å². The molecule has 2 aliphatic heterocycles. The van der Waals surface area contributed by atoms with Gasteiger partial charge < -0.3 is 25.0 Å². The summed E-state index contributed by atoms with van der Waals surface area (Å²) in [6.45, 7) is 3.99. The summed E-state index contributed by atoms with van der Waals surface area (Å²) >= 11 is 0. The molecule has 0 radical (unpaired) electrons. The fourth-order valence-electron chi connectivity index (χ4n) is 3.92. The van der Waals surface area contributed by atoms with Crippen molar-refractivity contribution < 1.29 is 19.0 Å². The van der Waals surface area contributed by atoms with Crippen LogP contribution < -0.4 is 10.2 Å². The van der Waals surface area contributed by atoms with E-state index in [1.807, 2.05) is 17.0 Å². The van der Waals surface area contributed by atoms with Crippen LogP contribution in [0.2, 0.25) is 0 Å². The van der Waals surface area contributed by atoms with Crippen molar-refractivity contribution >= 4 is 23.3 Å². The van der Waals surface area contributed by atoms with Gasteiger partial charge in [-0.15, -0.1) is 0 Å². The zero-order valence-corrected chi connectivity index (χ0v) is 17.3. The number of ether oxygens (including phenoxy) is 1. The molecule has 2 heterocycles. The van der Waals surface area contributed by atoms with Gasteiger partial charge in [0.15, 0.2) is 5.96 Å². The standard InChI is InChI=1S/C23H27FN4O3/c24-20-8-1-2-9-21(20)27-10-12-28(13-11-27)23(25-16-19-7-4-14-31-19)26-18-6-3-5-17(15-18)22(29)30/h1-3,5-6,8-9,15,19H,4,7,10-14,16H2,(H,25,26)(H,29,30). The minimum atomic E-state index is -0.972. The van der Waals surface area contributed by atoms with Crippen LogP contribution in [-0.2, 0) is 4.74 Å². The van der Waals surface area contributed by atoms with Crippen LogP contribution in [0, 0.1) is 5.82 Å². The third-order valence-corrected chi connectivity index (χ3v) is 5.61. The number of benzene rings is 2. The van der Waals surface area contributed by atoms with Crippen LogP contribution in [-0.4, -0.2) is 67.4 Å². The van der Waals surface area contributed by atoms with Gasteiger partial charge >= 0.3 is 5.97 Å². The lowest BCUT2D eigenvalue weighted by atomic mass is 10.2. The Morgan fingerprint density at radius 2 is 1.97 bits per heavy atom. The van der Waals surface area contributed by atoms with Gasteiger partial charge in [-0.1, -0.05) is 18.2 Å². The van der Waals surface area contributed by atoms with Gasteiger partial charge in [0.25, 0.3) is 0 Å². The Hall–Kier alpha value is -3.13. The number of guanidine groups is 1. The normalized spacial score (nSPS) is 19.5. The lowest BCUT2D eigenvalue weighted by Gasteiger charge is -2.38. The quantitative estimate of drug-likeness (QED) is 0.564. The van der Waals surface area contributed by atoms with E-state index in [0.717, 1.165) is 19.4 Å².